The third kappa shape index (κ3) is 5.79. The lowest BCUT2D eigenvalue weighted by Crippen LogP contribution is -2.54. The number of hydrogen-bond donors (Lipinski definition) is 4. The summed E-state index contributed by atoms with van der Waals surface area (Å²) in [5, 5.41) is 27.4. The monoisotopic (exact) mass is 353 g/mol. The van der Waals surface area contributed by atoms with Crippen molar-refractivity contribution in [1.29, 1.82) is 0 Å². The van der Waals surface area contributed by atoms with Crippen molar-refractivity contribution >= 4 is 11.8 Å². The van der Waals surface area contributed by atoms with Crippen LogP contribution in [0.1, 0.15) is 18.7 Å². The Kier molecular flexibility index (Phi) is 8.95. The van der Waals surface area contributed by atoms with Crippen LogP contribution in [0.4, 0.5) is 14.6 Å². The Morgan fingerprint density at radius 2 is 2.17 bits per heavy atom. The summed E-state index contributed by atoms with van der Waals surface area (Å²) in [5.41, 5.74) is 7.56. The second-order valence-corrected chi connectivity index (χ2v) is 4.83. The molecule has 1 rings (SSSR count). The number of nitrogens with two attached hydrogens (primary N) is 2. The minimum absolute atomic E-state index is 0.0819. The first-order valence-corrected chi connectivity index (χ1v) is 6.89. The van der Waals surface area contributed by atoms with E-state index >= 15 is 0 Å². The number of nitro groups is 1. The number of rotatable bonds is 8. The molecule has 138 valence electrons. The van der Waals surface area contributed by atoms with Crippen LogP contribution >= 0.6 is 0 Å². The SMILES string of the molecule is Cc1ncc([N+](=O)[O-])n1CCO.NCCCC(N)(C(=O)O)C(F)F. The second kappa shape index (κ2) is 9.85. The standard InChI is InChI=1S/C6H12F2N2O2.C6H9N3O3/c7-4(8)6(10,5(11)12)2-1-3-9;1-5-7-4-6(9(11)12)8(5)2-3-10/h4H,1-3,9-10H2,(H,11,12);4,10H,2-3H2,1H3. The number of nitrogens with zero attached hydrogens (tertiary/aromatic N) is 3. The number of aliphatic hydroxyl groups excluding tert-OH is 1. The summed E-state index contributed by atoms with van der Waals surface area (Å²) in [4.78, 5) is 23.9. The summed E-state index contributed by atoms with van der Waals surface area (Å²) in [6.45, 7) is 1.89. The van der Waals surface area contributed by atoms with Crippen LogP contribution in [-0.4, -0.2) is 55.8 Å². The van der Waals surface area contributed by atoms with E-state index in [1.54, 1.807) is 6.92 Å². The van der Waals surface area contributed by atoms with Crippen LogP contribution < -0.4 is 11.5 Å². The van der Waals surface area contributed by atoms with Gasteiger partial charge >= 0.3 is 11.8 Å². The van der Waals surface area contributed by atoms with Crippen LogP contribution in [0.3, 0.4) is 0 Å². The molecule has 0 bridgehead atoms. The average molecular weight is 353 g/mol. The number of hydrogen-bond acceptors (Lipinski definition) is 7. The Morgan fingerprint density at radius 1 is 1.58 bits per heavy atom. The fraction of sp³-hybridized carbons (Fsp3) is 0.667. The fourth-order valence-electron chi connectivity index (χ4n) is 1.68. The van der Waals surface area contributed by atoms with E-state index in [0.29, 0.717) is 5.82 Å². The van der Waals surface area contributed by atoms with E-state index in [-0.39, 0.29) is 38.4 Å². The summed E-state index contributed by atoms with van der Waals surface area (Å²) in [6, 6.07) is 0. The summed E-state index contributed by atoms with van der Waals surface area (Å²) < 4.78 is 25.6. The Balaban J connectivity index is 0.000000441. The minimum atomic E-state index is -3.07. The largest absolute Gasteiger partial charge is 0.480 e. The van der Waals surface area contributed by atoms with Gasteiger partial charge in [-0.3, -0.25) is 0 Å². The Labute approximate surface area is 136 Å². The third-order valence-corrected chi connectivity index (χ3v) is 3.13. The zero-order chi connectivity index (χ0) is 18.9. The van der Waals surface area contributed by atoms with Gasteiger partial charge in [0.25, 0.3) is 6.43 Å². The number of aliphatic carboxylic acids is 1. The smallest absolute Gasteiger partial charge is 0.342 e. The van der Waals surface area contributed by atoms with Gasteiger partial charge in [0.1, 0.15) is 12.7 Å². The molecule has 1 atom stereocenters. The molecule has 0 fully saturated rings. The van der Waals surface area contributed by atoms with Crippen molar-refractivity contribution in [2.45, 2.75) is 38.3 Å². The Bertz CT molecular complexity index is 554. The fourth-order valence-corrected chi connectivity index (χ4v) is 1.68. The van der Waals surface area contributed by atoms with Crippen LogP contribution in [0.15, 0.2) is 6.20 Å². The zero-order valence-electron chi connectivity index (χ0n) is 13.1. The van der Waals surface area contributed by atoms with E-state index in [0.717, 1.165) is 0 Å². The van der Waals surface area contributed by atoms with Gasteiger partial charge in [0.15, 0.2) is 11.4 Å². The first kappa shape index (κ1) is 21.8. The molecule has 0 aliphatic heterocycles. The van der Waals surface area contributed by atoms with Gasteiger partial charge in [0.05, 0.1) is 6.61 Å². The molecule has 0 radical (unpaired) electrons. The molecule has 10 nitrogen and oxygen atoms in total. The quantitative estimate of drug-likeness (QED) is 0.369. The van der Waals surface area contributed by atoms with Gasteiger partial charge in [-0.05, 0) is 24.3 Å². The van der Waals surface area contributed by atoms with E-state index in [2.05, 4.69) is 4.98 Å². The highest BCUT2D eigenvalue weighted by Crippen LogP contribution is 2.18. The summed E-state index contributed by atoms with van der Waals surface area (Å²) in [6.07, 6.45) is -2.02. The van der Waals surface area contributed by atoms with E-state index in [4.69, 9.17) is 21.7 Å². The molecule has 0 saturated carbocycles. The minimum Gasteiger partial charge on any atom is -0.480 e. The molecule has 0 spiro atoms. The molecule has 12 heteroatoms. The summed E-state index contributed by atoms with van der Waals surface area (Å²) in [7, 11) is 0. The van der Waals surface area contributed by atoms with Crippen LogP contribution in [0.25, 0.3) is 0 Å². The zero-order valence-corrected chi connectivity index (χ0v) is 13.1. The first-order valence-electron chi connectivity index (χ1n) is 6.89. The van der Waals surface area contributed by atoms with Gasteiger partial charge < -0.3 is 31.8 Å². The van der Waals surface area contributed by atoms with Crippen molar-refractivity contribution in [3.05, 3.63) is 22.1 Å². The molecule has 0 aromatic carbocycles. The number of aryl methyl sites for hydroxylation is 1. The van der Waals surface area contributed by atoms with Crippen molar-refractivity contribution in [2.75, 3.05) is 13.2 Å². The molecule has 1 aromatic heterocycles. The van der Waals surface area contributed by atoms with E-state index in [9.17, 15) is 23.7 Å². The molecular formula is C12H21F2N5O5. The molecule has 0 aliphatic carbocycles. The van der Waals surface area contributed by atoms with Crippen LogP contribution in [0, 0.1) is 17.0 Å². The number of carboxylic acid groups (broad SMARTS) is 1. The summed E-state index contributed by atoms with van der Waals surface area (Å²) >= 11 is 0. The van der Waals surface area contributed by atoms with Gasteiger partial charge in [-0.2, -0.15) is 0 Å². The van der Waals surface area contributed by atoms with Gasteiger partial charge in [0.2, 0.25) is 0 Å². The molecule has 0 aliphatic rings. The summed E-state index contributed by atoms with van der Waals surface area (Å²) in [5.74, 6) is -1.23. The molecule has 6 N–H and O–H groups in total. The molecule has 1 unspecified atom stereocenters. The van der Waals surface area contributed by atoms with Crippen molar-refractivity contribution in [1.82, 2.24) is 9.55 Å². The van der Waals surface area contributed by atoms with E-state index in [1.165, 1.54) is 10.8 Å². The second-order valence-electron chi connectivity index (χ2n) is 4.83. The molecule has 24 heavy (non-hydrogen) atoms. The molecule has 0 amide bonds. The molecular weight excluding hydrogens is 332 g/mol. The van der Waals surface area contributed by atoms with Crippen molar-refractivity contribution in [2.24, 2.45) is 11.5 Å². The number of halogens is 2. The maximum absolute atomic E-state index is 12.1. The third-order valence-electron chi connectivity index (χ3n) is 3.13. The number of carboxylic acids is 1. The average Bonchev–Trinajstić information content (AvgIpc) is 2.87. The van der Waals surface area contributed by atoms with Gasteiger partial charge in [-0.15, -0.1) is 0 Å². The van der Waals surface area contributed by atoms with Crippen molar-refractivity contribution in [3.63, 3.8) is 0 Å². The van der Waals surface area contributed by atoms with Crippen LogP contribution in [-0.2, 0) is 11.3 Å². The van der Waals surface area contributed by atoms with Crippen molar-refractivity contribution in [3.8, 4) is 0 Å². The maximum Gasteiger partial charge on any atom is 0.342 e. The Morgan fingerprint density at radius 3 is 2.54 bits per heavy atom. The Hall–Kier alpha value is -2.18. The van der Waals surface area contributed by atoms with Gasteiger partial charge in [-0.1, -0.05) is 0 Å². The lowest BCUT2D eigenvalue weighted by molar-refractivity contribution is -0.392. The number of aromatic nitrogens is 2. The predicted octanol–water partition coefficient (Wildman–Crippen LogP) is -0.135. The lowest BCUT2D eigenvalue weighted by atomic mass is 9.95. The normalized spacial score (nSPS) is 13.1. The topological polar surface area (TPSA) is 171 Å². The first-order chi connectivity index (χ1) is 11.1. The van der Waals surface area contributed by atoms with Gasteiger partial charge in [-0.25, -0.2) is 23.1 Å². The molecule has 1 heterocycles. The highest BCUT2D eigenvalue weighted by molar-refractivity contribution is 5.79. The highest BCUT2D eigenvalue weighted by Gasteiger charge is 2.42. The van der Waals surface area contributed by atoms with Crippen LogP contribution in [0.2, 0.25) is 0 Å². The number of alkyl halides is 2. The van der Waals surface area contributed by atoms with E-state index in [1.807, 2.05) is 0 Å². The number of carbonyl (C=O) groups is 1. The predicted molar refractivity (Wildman–Crippen MR) is 79.6 cm³/mol. The highest BCUT2D eigenvalue weighted by atomic mass is 19.3. The number of imidazole rings is 1. The molecule has 0 saturated heterocycles. The number of aliphatic hydroxyl groups is 1. The molecule has 1 aromatic rings. The lowest BCUT2D eigenvalue weighted by Gasteiger charge is -2.22. The van der Waals surface area contributed by atoms with E-state index < -0.39 is 22.9 Å². The maximum atomic E-state index is 12.1. The van der Waals surface area contributed by atoms with Gasteiger partial charge in [0, 0.05) is 6.92 Å². The van der Waals surface area contributed by atoms with Crippen molar-refractivity contribution < 1.29 is 28.7 Å². The van der Waals surface area contributed by atoms with Crippen LogP contribution in [0.5, 0.6) is 0 Å².